The molecule has 0 aliphatic heterocycles. The molecule has 6 nitrogen and oxygen atoms in total. The number of hydrogen-bond donors (Lipinski definition) is 1. The van der Waals surface area contributed by atoms with E-state index in [0.717, 1.165) is 5.56 Å². The van der Waals surface area contributed by atoms with E-state index in [1.807, 2.05) is 30.3 Å². The van der Waals surface area contributed by atoms with E-state index in [4.69, 9.17) is 4.74 Å². The Balaban J connectivity index is 1.99. The quantitative estimate of drug-likeness (QED) is 0.835. The summed E-state index contributed by atoms with van der Waals surface area (Å²) in [5, 5.41) is 6.29. The van der Waals surface area contributed by atoms with Gasteiger partial charge in [0.05, 0.1) is 19.7 Å². The molecule has 1 heterocycles. The molecule has 0 bridgehead atoms. The van der Waals surface area contributed by atoms with Gasteiger partial charge in [0.15, 0.2) is 0 Å². The van der Waals surface area contributed by atoms with Crippen molar-refractivity contribution < 1.29 is 19.1 Å². The summed E-state index contributed by atoms with van der Waals surface area (Å²) in [6.07, 6.45) is 1.39. The maximum absolute atomic E-state index is 11.9. The monoisotopic (exact) mass is 274 g/mol. The van der Waals surface area contributed by atoms with E-state index in [1.54, 1.807) is 0 Å². The van der Waals surface area contributed by atoms with Crippen LogP contribution >= 0.6 is 0 Å². The molecule has 0 saturated carbocycles. The van der Waals surface area contributed by atoms with E-state index < -0.39 is 11.9 Å². The average Bonchev–Trinajstić information content (AvgIpc) is 2.94. The number of nitrogens with zero attached hydrogens (tertiary/aromatic N) is 1. The van der Waals surface area contributed by atoms with Crippen LogP contribution in [0.2, 0.25) is 0 Å². The Kier molecular flexibility index (Phi) is 4.49. The standard InChI is InChI=1S/C14H14N2O4/c1-19-12(17)7-11-8-15-16-13(11)14(18)20-9-10-5-3-2-4-6-10/h2-6,8H,7,9H2,1H3,(H,15,16). The van der Waals surface area contributed by atoms with Gasteiger partial charge >= 0.3 is 11.9 Å². The van der Waals surface area contributed by atoms with Gasteiger partial charge in [0.1, 0.15) is 12.3 Å². The van der Waals surface area contributed by atoms with Gasteiger partial charge in [-0.2, -0.15) is 5.10 Å². The third kappa shape index (κ3) is 3.44. The number of methoxy groups -OCH3 is 1. The van der Waals surface area contributed by atoms with Crippen LogP contribution in [-0.2, 0) is 27.3 Å². The first-order valence-corrected chi connectivity index (χ1v) is 6.01. The first-order valence-electron chi connectivity index (χ1n) is 6.01. The molecule has 2 aromatic rings. The molecular weight excluding hydrogens is 260 g/mol. The van der Waals surface area contributed by atoms with E-state index in [1.165, 1.54) is 13.3 Å². The van der Waals surface area contributed by atoms with Crippen molar-refractivity contribution in [3.05, 3.63) is 53.3 Å². The maximum atomic E-state index is 11.9. The number of rotatable bonds is 5. The second-order valence-electron chi connectivity index (χ2n) is 4.08. The second-order valence-corrected chi connectivity index (χ2v) is 4.08. The summed E-state index contributed by atoms with van der Waals surface area (Å²) in [6, 6.07) is 9.32. The first-order chi connectivity index (χ1) is 9.70. The van der Waals surface area contributed by atoms with Crippen molar-refractivity contribution in [1.82, 2.24) is 10.2 Å². The van der Waals surface area contributed by atoms with Gasteiger partial charge in [-0.25, -0.2) is 4.79 Å². The number of carbonyl (C=O) groups is 2. The zero-order valence-corrected chi connectivity index (χ0v) is 11.0. The lowest BCUT2D eigenvalue weighted by atomic mass is 10.2. The molecule has 0 spiro atoms. The van der Waals surface area contributed by atoms with Gasteiger partial charge in [0.25, 0.3) is 0 Å². The van der Waals surface area contributed by atoms with Crippen LogP contribution in [0.3, 0.4) is 0 Å². The summed E-state index contributed by atoms with van der Waals surface area (Å²) in [7, 11) is 1.29. The van der Waals surface area contributed by atoms with Crippen molar-refractivity contribution in [3.8, 4) is 0 Å². The Labute approximate surface area is 115 Å². The number of esters is 2. The number of benzene rings is 1. The van der Waals surface area contributed by atoms with Crippen molar-refractivity contribution in [1.29, 1.82) is 0 Å². The summed E-state index contributed by atoms with van der Waals surface area (Å²) < 4.78 is 9.72. The van der Waals surface area contributed by atoms with Gasteiger partial charge in [-0.3, -0.25) is 9.89 Å². The van der Waals surface area contributed by atoms with Crippen molar-refractivity contribution in [2.75, 3.05) is 7.11 Å². The summed E-state index contributed by atoms with van der Waals surface area (Å²) in [5.41, 5.74) is 1.51. The highest BCUT2D eigenvalue weighted by atomic mass is 16.5. The van der Waals surface area contributed by atoms with E-state index in [0.29, 0.717) is 5.56 Å². The van der Waals surface area contributed by atoms with Crippen LogP contribution in [0.25, 0.3) is 0 Å². The van der Waals surface area contributed by atoms with Gasteiger partial charge in [0, 0.05) is 5.56 Å². The number of hydrogen-bond acceptors (Lipinski definition) is 5. The Hall–Kier alpha value is -2.63. The summed E-state index contributed by atoms with van der Waals surface area (Å²) in [5.74, 6) is -0.992. The molecule has 0 aliphatic rings. The van der Waals surface area contributed by atoms with Crippen LogP contribution in [0.15, 0.2) is 36.5 Å². The minimum Gasteiger partial charge on any atom is -0.469 e. The molecule has 0 saturated heterocycles. The smallest absolute Gasteiger partial charge is 0.356 e. The summed E-state index contributed by atoms with van der Waals surface area (Å²) in [6.45, 7) is 0.163. The van der Waals surface area contributed by atoms with Gasteiger partial charge in [0.2, 0.25) is 0 Å². The molecule has 2 rings (SSSR count). The minimum absolute atomic E-state index is 0.0250. The molecule has 0 fully saturated rings. The number of nitrogens with one attached hydrogen (secondary N) is 1. The highest BCUT2D eigenvalue weighted by Gasteiger charge is 2.17. The lowest BCUT2D eigenvalue weighted by Gasteiger charge is -2.05. The number of H-pyrrole nitrogens is 1. The van der Waals surface area contributed by atoms with E-state index in [2.05, 4.69) is 14.9 Å². The first kappa shape index (κ1) is 13.8. The van der Waals surface area contributed by atoms with E-state index in [9.17, 15) is 9.59 Å². The zero-order chi connectivity index (χ0) is 14.4. The fourth-order valence-electron chi connectivity index (χ4n) is 1.64. The minimum atomic E-state index is -0.551. The van der Waals surface area contributed by atoms with Crippen LogP contribution in [0, 0.1) is 0 Å². The average molecular weight is 274 g/mol. The number of ether oxygens (including phenoxy) is 2. The van der Waals surface area contributed by atoms with Crippen LogP contribution < -0.4 is 0 Å². The SMILES string of the molecule is COC(=O)Cc1cn[nH]c1C(=O)OCc1ccccc1. The second kappa shape index (κ2) is 6.51. The van der Waals surface area contributed by atoms with Gasteiger partial charge in [-0.15, -0.1) is 0 Å². The highest BCUT2D eigenvalue weighted by Crippen LogP contribution is 2.10. The van der Waals surface area contributed by atoms with E-state index in [-0.39, 0.29) is 18.7 Å². The Morgan fingerprint density at radius 1 is 1.25 bits per heavy atom. The normalized spacial score (nSPS) is 10.1. The molecule has 0 amide bonds. The molecule has 6 heteroatoms. The fraction of sp³-hybridized carbons (Fsp3) is 0.214. The predicted octanol–water partition coefficient (Wildman–Crippen LogP) is 1.48. The molecule has 0 unspecified atom stereocenters. The number of carbonyl (C=O) groups excluding carboxylic acids is 2. The van der Waals surface area contributed by atoms with Crippen LogP contribution in [0.5, 0.6) is 0 Å². The maximum Gasteiger partial charge on any atom is 0.356 e. The Bertz CT molecular complexity index is 592. The van der Waals surface area contributed by atoms with Crippen LogP contribution in [0.4, 0.5) is 0 Å². The summed E-state index contributed by atoms with van der Waals surface area (Å²) in [4.78, 5) is 23.1. The topological polar surface area (TPSA) is 81.3 Å². The third-order valence-electron chi connectivity index (χ3n) is 2.70. The molecule has 0 radical (unpaired) electrons. The van der Waals surface area contributed by atoms with Crippen LogP contribution in [0.1, 0.15) is 21.6 Å². The van der Waals surface area contributed by atoms with Crippen molar-refractivity contribution in [3.63, 3.8) is 0 Å². The number of aromatic nitrogens is 2. The summed E-state index contributed by atoms with van der Waals surface area (Å²) >= 11 is 0. The molecule has 0 atom stereocenters. The zero-order valence-electron chi connectivity index (χ0n) is 11.0. The van der Waals surface area contributed by atoms with Crippen molar-refractivity contribution in [2.24, 2.45) is 0 Å². The molecule has 1 aromatic carbocycles. The lowest BCUT2D eigenvalue weighted by Crippen LogP contribution is -2.11. The Morgan fingerprint density at radius 3 is 2.70 bits per heavy atom. The largest absolute Gasteiger partial charge is 0.469 e. The van der Waals surface area contributed by atoms with Crippen molar-refractivity contribution >= 4 is 11.9 Å². The fourth-order valence-corrected chi connectivity index (χ4v) is 1.64. The van der Waals surface area contributed by atoms with Crippen molar-refractivity contribution in [2.45, 2.75) is 13.0 Å². The molecule has 104 valence electrons. The predicted molar refractivity (Wildman–Crippen MR) is 69.9 cm³/mol. The highest BCUT2D eigenvalue weighted by molar-refractivity contribution is 5.90. The molecular formula is C14H14N2O4. The van der Waals surface area contributed by atoms with Crippen LogP contribution in [-0.4, -0.2) is 29.2 Å². The lowest BCUT2D eigenvalue weighted by molar-refractivity contribution is -0.139. The molecule has 1 aromatic heterocycles. The third-order valence-corrected chi connectivity index (χ3v) is 2.70. The van der Waals surface area contributed by atoms with Gasteiger partial charge in [-0.05, 0) is 5.56 Å². The molecule has 20 heavy (non-hydrogen) atoms. The molecule has 1 N–H and O–H groups in total. The molecule has 0 aliphatic carbocycles. The van der Waals surface area contributed by atoms with E-state index >= 15 is 0 Å². The number of aromatic amines is 1. The Morgan fingerprint density at radius 2 is 2.00 bits per heavy atom. The van der Waals surface area contributed by atoms with Gasteiger partial charge in [-0.1, -0.05) is 30.3 Å². The van der Waals surface area contributed by atoms with Gasteiger partial charge < -0.3 is 9.47 Å².